The van der Waals surface area contributed by atoms with Gasteiger partial charge < -0.3 is 15.8 Å². The number of nitrogens with one attached hydrogen (secondary N) is 1. The van der Waals surface area contributed by atoms with E-state index in [0.717, 1.165) is 33.3 Å². The number of nitrogens with zero attached hydrogens (tertiary/aromatic N) is 1. The van der Waals surface area contributed by atoms with Crippen LogP contribution in [0.15, 0.2) is 48.8 Å². The molecule has 3 rings (SSSR count). The van der Waals surface area contributed by atoms with Gasteiger partial charge in [-0.05, 0) is 43.2 Å². The summed E-state index contributed by atoms with van der Waals surface area (Å²) in [4.78, 5) is 18.4. The van der Waals surface area contributed by atoms with Crippen molar-refractivity contribution in [3.05, 3.63) is 59.9 Å². The minimum Gasteiger partial charge on any atom is -0.386 e. The molecule has 0 bridgehead atoms. The van der Waals surface area contributed by atoms with E-state index in [1.54, 1.807) is 32.3 Å². The summed E-state index contributed by atoms with van der Waals surface area (Å²) in [7, 11) is 0. The Morgan fingerprint density at radius 3 is 2.79 bits per heavy atom. The zero-order chi connectivity index (χ0) is 17.3. The van der Waals surface area contributed by atoms with Crippen LogP contribution in [0.5, 0.6) is 0 Å². The van der Waals surface area contributed by atoms with E-state index in [1.165, 1.54) is 6.08 Å². The number of aromatic amines is 1. The highest BCUT2D eigenvalue weighted by Crippen LogP contribution is 2.28. The van der Waals surface area contributed by atoms with E-state index in [0.29, 0.717) is 0 Å². The van der Waals surface area contributed by atoms with Gasteiger partial charge in [0.1, 0.15) is 5.65 Å². The van der Waals surface area contributed by atoms with E-state index in [4.69, 9.17) is 5.73 Å². The summed E-state index contributed by atoms with van der Waals surface area (Å²) in [5.74, 6) is -0.494. The summed E-state index contributed by atoms with van der Waals surface area (Å²) in [5.41, 5.74) is 8.57. The maximum Gasteiger partial charge on any atom is 0.241 e. The Labute approximate surface area is 139 Å². The van der Waals surface area contributed by atoms with E-state index < -0.39 is 11.5 Å². The van der Waals surface area contributed by atoms with Crippen molar-refractivity contribution in [2.24, 2.45) is 5.73 Å². The monoisotopic (exact) mass is 321 g/mol. The van der Waals surface area contributed by atoms with Gasteiger partial charge in [-0.3, -0.25) is 4.79 Å². The number of aliphatic hydroxyl groups is 1. The largest absolute Gasteiger partial charge is 0.386 e. The fraction of sp³-hybridized carbons (Fsp3) is 0.158. The van der Waals surface area contributed by atoms with Crippen molar-refractivity contribution in [1.29, 1.82) is 0 Å². The first-order valence-corrected chi connectivity index (χ1v) is 7.62. The second kappa shape index (κ2) is 5.94. The molecule has 0 fully saturated rings. The van der Waals surface area contributed by atoms with Crippen molar-refractivity contribution in [3.63, 3.8) is 0 Å². The lowest BCUT2D eigenvalue weighted by atomic mass is 9.94. The number of amides is 1. The zero-order valence-corrected chi connectivity index (χ0v) is 13.6. The molecule has 0 radical (unpaired) electrons. The SMILES string of the molecule is CC(C)(O)c1cccc(-c2cnc3[nH]cc(/C=C/C(N)=O)c3c2)c1. The first-order chi connectivity index (χ1) is 11.3. The van der Waals surface area contributed by atoms with E-state index in [-0.39, 0.29) is 0 Å². The van der Waals surface area contributed by atoms with Crippen molar-refractivity contribution in [1.82, 2.24) is 9.97 Å². The molecule has 0 spiro atoms. The molecule has 0 saturated heterocycles. The molecule has 0 aliphatic rings. The molecule has 3 aromatic rings. The molecule has 0 unspecified atom stereocenters. The fourth-order valence-corrected chi connectivity index (χ4v) is 2.57. The van der Waals surface area contributed by atoms with Gasteiger partial charge in [0.15, 0.2) is 0 Å². The molecule has 0 atom stereocenters. The topological polar surface area (TPSA) is 92.0 Å². The summed E-state index contributed by atoms with van der Waals surface area (Å²) < 4.78 is 0. The number of primary amides is 1. The first-order valence-electron chi connectivity index (χ1n) is 7.62. The number of carbonyl (C=O) groups excluding carboxylic acids is 1. The fourth-order valence-electron chi connectivity index (χ4n) is 2.57. The molecule has 4 N–H and O–H groups in total. The van der Waals surface area contributed by atoms with Crippen molar-refractivity contribution >= 4 is 23.0 Å². The number of hydrogen-bond donors (Lipinski definition) is 3. The third kappa shape index (κ3) is 3.21. The van der Waals surface area contributed by atoms with Gasteiger partial charge in [0.05, 0.1) is 5.60 Å². The normalized spacial score (nSPS) is 12.1. The Bertz CT molecular complexity index is 933. The summed E-state index contributed by atoms with van der Waals surface area (Å²) >= 11 is 0. The maximum absolute atomic E-state index is 10.9. The number of fused-ring (bicyclic) bond motifs is 1. The van der Waals surface area contributed by atoms with Gasteiger partial charge >= 0.3 is 0 Å². The number of nitrogens with two attached hydrogens (primary N) is 1. The Hall–Kier alpha value is -2.92. The van der Waals surface area contributed by atoms with Crippen LogP contribution in [0.4, 0.5) is 0 Å². The van der Waals surface area contributed by atoms with Crippen molar-refractivity contribution in [2.45, 2.75) is 19.4 Å². The summed E-state index contributed by atoms with van der Waals surface area (Å²) in [6, 6.07) is 9.74. The van der Waals surface area contributed by atoms with Gasteiger partial charge in [-0.25, -0.2) is 4.98 Å². The molecule has 0 saturated carbocycles. The minimum atomic E-state index is -0.906. The quantitative estimate of drug-likeness (QED) is 0.645. The average molecular weight is 321 g/mol. The second-order valence-electron chi connectivity index (χ2n) is 6.24. The lowest BCUT2D eigenvalue weighted by Crippen LogP contribution is -2.15. The van der Waals surface area contributed by atoms with Gasteiger partial charge in [-0.2, -0.15) is 0 Å². The van der Waals surface area contributed by atoms with Crippen LogP contribution in [0.25, 0.3) is 28.2 Å². The lowest BCUT2D eigenvalue weighted by molar-refractivity contribution is -0.113. The van der Waals surface area contributed by atoms with Gasteiger partial charge in [-0.1, -0.05) is 18.2 Å². The number of aromatic nitrogens is 2. The van der Waals surface area contributed by atoms with Gasteiger partial charge in [0.25, 0.3) is 0 Å². The van der Waals surface area contributed by atoms with Gasteiger partial charge in [0, 0.05) is 35.0 Å². The maximum atomic E-state index is 10.9. The van der Waals surface area contributed by atoms with Crippen LogP contribution >= 0.6 is 0 Å². The van der Waals surface area contributed by atoms with Crippen LogP contribution in [-0.4, -0.2) is 21.0 Å². The Morgan fingerprint density at radius 1 is 1.29 bits per heavy atom. The molecule has 122 valence electrons. The molecule has 2 aromatic heterocycles. The van der Waals surface area contributed by atoms with Crippen LogP contribution in [0.1, 0.15) is 25.0 Å². The molecule has 5 heteroatoms. The predicted molar refractivity (Wildman–Crippen MR) is 95.0 cm³/mol. The summed E-state index contributed by atoms with van der Waals surface area (Å²) in [5, 5.41) is 11.1. The lowest BCUT2D eigenvalue weighted by Gasteiger charge is -2.18. The molecule has 0 aliphatic heterocycles. The van der Waals surface area contributed by atoms with Gasteiger partial charge in [0.2, 0.25) is 5.91 Å². The highest BCUT2D eigenvalue weighted by atomic mass is 16.3. The molecule has 24 heavy (non-hydrogen) atoms. The summed E-state index contributed by atoms with van der Waals surface area (Å²) in [6.07, 6.45) is 6.56. The van der Waals surface area contributed by atoms with E-state index in [1.807, 2.05) is 30.3 Å². The number of carbonyl (C=O) groups is 1. The minimum absolute atomic E-state index is 0.494. The van der Waals surface area contributed by atoms with E-state index in [9.17, 15) is 9.90 Å². The van der Waals surface area contributed by atoms with Gasteiger partial charge in [-0.15, -0.1) is 0 Å². The molecular weight excluding hydrogens is 302 g/mol. The smallest absolute Gasteiger partial charge is 0.241 e. The standard InChI is InChI=1S/C19H19N3O2/c1-19(2,24)15-5-3-4-12(8-15)14-9-16-13(6-7-17(20)23)10-21-18(16)22-11-14/h3-11,24H,1-2H3,(H2,20,23)(H,21,22)/b7-6+. The number of rotatable bonds is 4. The van der Waals surface area contributed by atoms with Crippen LogP contribution in [0.3, 0.4) is 0 Å². The number of H-pyrrole nitrogens is 1. The van der Waals surface area contributed by atoms with Crippen LogP contribution in [-0.2, 0) is 10.4 Å². The molecule has 0 aliphatic carbocycles. The summed E-state index contributed by atoms with van der Waals surface area (Å²) in [6.45, 7) is 3.51. The second-order valence-corrected chi connectivity index (χ2v) is 6.24. The highest BCUT2D eigenvalue weighted by molar-refractivity contribution is 5.95. The number of hydrogen-bond acceptors (Lipinski definition) is 3. The molecule has 1 aromatic carbocycles. The third-order valence-electron chi connectivity index (χ3n) is 3.89. The number of pyridine rings is 1. The molecular formula is C19H19N3O2. The highest BCUT2D eigenvalue weighted by Gasteiger charge is 2.16. The van der Waals surface area contributed by atoms with Crippen LogP contribution in [0.2, 0.25) is 0 Å². The van der Waals surface area contributed by atoms with Crippen molar-refractivity contribution < 1.29 is 9.90 Å². The van der Waals surface area contributed by atoms with Crippen molar-refractivity contribution in [3.8, 4) is 11.1 Å². The van der Waals surface area contributed by atoms with E-state index in [2.05, 4.69) is 9.97 Å². The average Bonchev–Trinajstić information content (AvgIpc) is 2.94. The predicted octanol–water partition coefficient (Wildman–Crippen LogP) is 2.96. The molecule has 5 nitrogen and oxygen atoms in total. The molecule has 2 heterocycles. The van der Waals surface area contributed by atoms with Crippen LogP contribution in [0, 0.1) is 0 Å². The Kier molecular flexibility index (Phi) is 3.95. The Morgan fingerprint density at radius 2 is 2.08 bits per heavy atom. The first kappa shape index (κ1) is 16.0. The number of benzene rings is 1. The zero-order valence-electron chi connectivity index (χ0n) is 13.6. The van der Waals surface area contributed by atoms with Crippen molar-refractivity contribution in [2.75, 3.05) is 0 Å². The Balaban J connectivity index is 2.08. The third-order valence-corrected chi connectivity index (χ3v) is 3.89. The van der Waals surface area contributed by atoms with E-state index >= 15 is 0 Å². The van der Waals surface area contributed by atoms with Crippen LogP contribution < -0.4 is 5.73 Å². The molecule has 1 amide bonds.